The third-order valence-electron chi connectivity index (χ3n) is 4.03. The summed E-state index contributed by atoms with van der Waals surface area (Å²) < 4.78 is 6.52. The van der Waals surface area contributed by atoms with Crippen LogP contribution < -0.4 is 15.4 Å². The molecule has 0 atom stereocenters. The molecular formula is C19H13Br2N3O4S. The van der Waals surface area contributed by atoms with E-state index in [9.17, 15) is 14.9 Å². The van der Waals surface area contributed by atoms with Gasteiger partial charge in [0.25, 0.3) is 11.6 Å². The number of benzene rings is 3. The van der Waals surface area contributed by atoms with Gasteiger partial charge in [-0.15, -0.1) is 0 Å². The minimum atomic E-state index is -0.501. The maximum absolute atomic E-state index is 12.8. The van der Waals surface area contributed by atoms with Crippen molar-refractivity contribution >= 4 is 77.2 Å². The predicted molar refractivity (Wildman–Crippen MR) is 123 cm³/mol. The van der Waals surface area contributed by atoms with Crippen molar-refractivity contribution in [2.75, 3.05) is 12.4 Å². The highest BCUT2D eigenvalue weighted by molar-refractivity contribution is 9.11. The third kappa shape index (κ3) is 4.55. The Morgan fingerprint density at radius 3 is 2.55 bits per heavy atom. The van der Waals surface area contributed by atoms with Gasteiger partial charge in [-0.25, -0.2) is 0 Å². The molecule has 0 bridgehead atoms. The number of fused-ring (bicyclic) bond motifs is 1. The Morgan fingerprint density at radius 1 is 1.17 bits per heavy atom. The van der Waals surface area contributed by atoms with Crippen LogP contribution >= 0.6 is 44.1 Å². The number of methoxy groups -OCH3 is 1. The standard InChI is InChI=1S/C19H13Br2N3O4S/c1-28-17-13(8-10-4-2-3-5-12(10)16(17)21)18(25)23-19(29)22-15-7-6-11(24(26)27)9-14(15)20/h2-9H,1H3,(H2,22,23,25,29). The summed E-state index contributed by atoms with van der Waals surface area (Å²) in [5.74, 6) is -0.0654. The van der Waals surface area contributed by atoms with Gasteiger partial charge in [0, 0.05) is 16.6 Å². The van der Waals surface area contributed by atoms with E-state index in [4.69, 9.17) is 17.0 Å². The first-order chi connectivity index (χ1) is 13.8. The molecule has 0 spiro atoms. The number of non-ortho nitro benzene ring substituents is 1. The second-order valence-electron chi connectivity index (χ2n) is 5.82. The van der Waals surface area contributed by atoms with Crippen molar-refractivity contribution in [3.63, 3.8) is 0 Å². The first-order valence-corrected chi connectivity index (χ1v) is 10.1. The molecule has 3 aromatic carbocycles. The monoisotopic (exact) mass is 537 g/mol. The SMILES string of the molecule is COc1c(C(=O)NC(=S)Nc2ccc([N+](=O)[O-])cc2Br)cc2ccccc2c1Br. The van der Waals surface area contributed by atoms with Crippen LogP contribution in [0.3, 0.4) is 0 Å². The number of carbonyl (C=O) groups excluding carboxylic acids is 1. The van der Waals surface area contributed by atoms with Gasteiger partial charge in [0.1, 0.15) is 5.75 Å². The number of hydrogen-bond donors (Lipinski definition) is 2. The van der Waals surface area contributed by atoms with Gasteiger partial charge in [0.15, 0.2) is 5.11 Å². The Hall–Kier alpha value is -2.56. The van der Waals surface area contributed by atoms with E-state index in [-0.39, 0.29) is 10.8 Å². The normalized spacial score (nSPS) is 10.4. The molecule has 10 heteroatoms. The molecule has 0 aliphatic heterocycles. The van der Waals surface area contributed by atoms with Crippen LogP contribution in [-0.2, 0) is 0 Å². The lowest BCUT2D eigenvalue weighted by Crippen LogP contribution is -2.34. The summed E-state index contributed by atoms with van der Waals surface area (Å²) in [6, 6.07) is 13.5. The van der Waals surface area contributed by atoms with Gasteiger partial charge in [-0.1, -0.05) is 24.3 Å². The fourth-order valence-electron chi connectivity index (χ4n) is 2.70. The van der Waals surface area contributed by atoms with Crippen LogP contribution in [0.1, 0.15) is 10.4 Å². The van der Waals surface area contributed by atoms with E-state index in [2.05, 4.69) is 42.5 Å². The van der Waals surface area contributed by atoms with Gasteiger partial charge < -0.3 is 10.1 Å². The molecule has 0 aliphatic carbocycles. The molecule has 0 fully saturated rings. The van der Waals surface area contributed by atoms with Crippen LogP contribution in [0.25, 0.3) is 10.8 Å². The highest BCUT2D eigenvalue weighted by Gasteiger charge is 2.19. The number of carbonyl (C=O) groups is 1. The number of amides is 1. The smallest absolute Gasteiger partial charge is 0.270 e. The number of nitrogens with one attached hydrogen (secondary N) is 2. The lowest BCUT2D eigenvalue weighted by atomic mass is 10.1. The largest absolute Gasteiger partial charge is 0.495 e. The van der Waals surface area contributed by atoms with Crippen LogP contribution in [0.5, 0.6) is 5.75 Å². The van der Waals surface area contributed by atoms with E-state index >= 15 is 0 Å². The highest BCUT2D eigenvalue weighted by atomic mass is 79.9. The first-order valence-electron chi connectivity index (χ1n) is 8.13. The molecule has 7 nitrogen and oxygen atoms in total. The zero-order valence-corrected chi connectivity index (χ0v) is 18.9. The quantitative estimate of drug-likeness (QED) is 0.262. The molecular weight excluding hydrogens is 526 g/mol. The molecule has 0 radical (unpaired) electrons. The summed E-state index contributed by atoms with van der Waals surface area (Å²) in [7, 11) is 1.48. The van der Waals surface area contributed by atoms with Crippen LogP contribution in [-0.4, -0.2) is 23.1 Å². The van der Waals surface area contributed by atoms with Crippen molar-refractivity contribution in [2.24, 2.45) is 0 Å². The van der Waals surface area contributed by atoms with Crippen molar-refractivity contribution in [1.82, 2.24) is 5.32 Å². The zero-order valence-electron chi connectivity index (χ0n) is 14.9. The van der Waals surface area contributed by atoms with Gasteiger partial charge in [0.2, 0.25) is 0 Å². The molecule has 0 heterocycles. The van der Waals surface area contributed by atoms with Crippen molar-refractivity contribution < 1.29 is 14.5 Å². The Kier molecular flexibility index (Phi) is 6.46. The van der Waals surface area contributed by atoms with Crippen molar-refractivity contribution in [3.8, 4) is 5.75 Å². The number of ether oxygens (including phenoxy) is 1. The molecule has 3 rings (SSSR count). The molecule has 148 valence electrons. The lowest BCUT2D eigenvalue weighted by molar-refractivity contribution is -0.384. The number of nitro benzene ring substituents is 1. The van der Waals surface area contributed by atoms with E-state index < -0.39 is 10.8 Å². The second-order valence-corrected chi connectivity index (χ2v) is 7.88. The minimum Gasteiger partial charge on any atom is -0.495 e. The van der Waals surface area contributed by atoms with Gasteiger partial charge in [-0.05, 0) is 67.0 Å². The Balaban J connectivity index is 1.83. The number of rotatable bonds is 4. The predicted octanol–water partition coefficient (Wildman–Crippen LogP) is 5.41. The fourth-order valence-corrected chi connectivity index (χ4v) is 4.10. The van der Waals surface area contributed by atoms with Gasteiger partial charge in [-0.3, -0.25) is 20.2 Å². The number of thiocarbonyl (C=S) groups is 1. The summed E-state index contributed by atoms with van der Waals surface area (Å²) in [5.41, 5.74) is 0.723. The molecule has 3 aromatic rings. The van der Waals surface area contributed by atoms with Crippen molar-refractivity contribution in [1.29, 1.82) is 0 Å². The third-order valence-corrected chi connectivity index (χ3v) is 5.68. The molecule has 1 amide bonds. The van der Waals surface area contributed by atoms with Crippen LogP contribution in [0.4, 0.5) is 11.4 Å². The first kappa shape index (κ1) is 21.2. The lowest BCUT2D eigenvalue weighted by Gasteiger charge is -2.15. The average Bonchev–Trinajstić information content (AvgIpc) is 2.69. The van der Waals surface area contributed by atoms with E-state index in [1.54, 1.807) is 6.07 Å². The second kappa shape index (κ2) is 8.85. The Bertz CT molecular complexity index is 1150. The summed E-state index contributed by atoms with van der Waals surface area (Å²) in [4.78, 5) is 23.1. The molecule has 0 aromatic heterocycles. The Morgan fingerprint density at radius 2 is 1.90 bits per heavy atom. The maximum Gasteiger partial charge on any atom is 0.270 e. The maximum atomic E-state index is 12.8. The van der Waals surface area contributed by atoms with Crippen LogP contribution in [0, 0.1) is 10.1 Å². The number of anilines is 1. The van der Waals surface area contributed by atoms with E-state index in [0.717, 1.165) is 10.8 Å². The summed E-state index contributed by atoms with van der Waals surface area (Å²) in [5, 5.41) is 18.1. The average molecular weight is 539 g/mol. The molecule has 2 N–H and O–H groups in total. The summed E-state index contributed by atoms with van der Waals surface area (Å²) in [6.45, 7) is 0. The number of nitro groups is 1. The van der Waals surface area contributed by atoms with E-state index in [1.165, 1.54) is 25.3 Å². The van der Waals surface area contributed by atoms with Crippen LogP contribution in [0.2, 0.25) is 0 Å². The number of hydrogen-bond acceptors (Lipinski definition) is 5. The van der Waals surface area contributed by atoms with Crippen molar-refractivity contribution in [3.05, 3.63) is 73.2 Å². The number of halogens is 2. The summed E-state index contributed by atoms with van der Waals surface area (Å²) >= 11 is 12.0. The topological polar surface area (TPSA) is 93.5 Å². The van der Waals surface area contributed by atoms with Crippen LogP contribution in [0.15, 0.2) is 57.5 Å². The Labute approximate surface area is 187 Å². The van der Waals surface area contributed by atoms with Gasteiger partial charge >= 0.3 is 0 Å². The summed E-state index contributed by atoms with van der Waals surface area (Å²) in [6.07, 6.45) is 0. The van der Waals surface area contributed by atoms with Crippen molar-refractivity contribution in [2.45, 2.75) is 0 Å². The van der Waals surface area contributed by atoms with E-state index in [0.29, 0.717) is 25.9 Å². The molecule has 29 heavy (non-hydrogen) atoms. The van der Waals surface area contributed by atoms with Gasteiger partial charge in [0.05, 0.1) is 27.8 Å². The molecule has 0 saturated heterocycles. The molecule has 0 aliphatic rings. The van der Waals surface area contributed by atoms with E-state index in [1.807, 2.05) is 24.3 Å². The number of nitrogens with zero attached hydrogens (tertiary/aromatic N) is 1. The zero-order chi connectivity index (χ0) is 21.1. The highest BCUT2D eigenvalue weighted by Crippen LogP contribution is 2.36. The molecule has 0 saturated carbocycles. The molecule has 0 unspecified atom stereocenters. The van der Waals surface area contributed by atoms with Gasteiger partial charge in [-0.2, -0.15) is 0 Å². The fraction of sp³-hybridized carbons (Fsp3) is 0.0526. The minimum absolute atomic E-state index is 0.0379.